The summed E-state index contributed by atoms with van der Waals surface area (Å²) in [5, 5.41) is 9.73. The van der Waals surface area contributed by atoms with Crippen molar-refractivity contribution in [1.82, 2.24) is 20.5 Å². The molecule has 15 heavy (non-hydrogen) atoms. The second kappa shape index (κ2) is 4.77. The molecular weight excluding hydrogens is 192 g/mol. The quantitative estimate of drug-likeness (QED) is 0.355. The summed E-state index contributed by atoms with van der Waals surface area (Å²) >= 11 is 0. The Morgan fingerprint density at radius 1 is 1.67 bits per heavy atom. The number of aromatic nitrogens is 3. The van der Waals surface area contributed by atoms with E-state index in [-0.39, 0.29) is 0 Å². The van der Waals surface area contributed by atoms with Crippen LogP contribution in [-0.2, 0) is 6.42 Å². The lowest BCUT2D eigenvalue weighted by Crippen LogP contribution is -2.33. The third-order valence-electron chi connectivity index (χ3n) is 2.25. The molecule has 1 aromatic rings. The van der Waals surface area contributed by atoms with Crippen LogP contribution in [0, 0.1) is 0 Å². The van der Waals surface area contributed by atoms with Crippen LogP contribution in [0.5, 0.6) is 0 Å². The number of nitrogens with zero attached hydrogens (tertiary/aromatic N) is 3. The van der Waals surface area contributed by atoms with Gasteiger partial charge < -0.3 is 11.1 Å². The van der Waals surface area contributed by atoms with Gasteiger partial charge in [-0.1, -0.05) is 0 Å². The van der Waals surface area contributed by atoms with Crippen LogP contribution in [0.4, 0.5) is 0 Å². The largest absolute Gasteiger partial charge is 0.370 e. The molecule has 0 spiro atoms. The molecule has 6 nitrogen and oxygen atoms in total. The molecule has 0 amide bonds. The number of aliphatic imine (C=N–C) groups is 1. The molecule has 1 aliphatic carbocycles. The van der Waals surface area contributed by atoms with E-state index in [2.05, 4.69) is 25.5 Å². The van der Waals surface area contributed by atoms with Crippen LogP contribution in [0.15, 0.2) is 11.3 Å². The summed E-state index contributed by atoms with van der Waals surface area (Å²) in [6.07, 6.45) is 5.74. The van der Waals surface area contributed by atoms with Crippen molar-refractivity contribution in [2.24, 2.45) is 10.7 Å². The van der Waals surface area contributed by atoms with Gasteiger partial charge in [-0.25, -0.2) is 4.98 Å². The molecule has 4 N–H and O–H groups in total. The van der Waals surface area contributed by atoms with Crippen LogP contribution in [0.2, 0.25) is 0 Å². The zero-order valence-corrected chi connectivity index (χ0v) is 8.61. The van der Waals surface area contributed by atoms with Crippen LogP contribution in [0.25, 0.3) is 0 Å². The predicted molar refractivity (Wildman–Crippen MR) is 57.4 cm³/mol. The molecule has 0 aromatic carbocycles. The maximum absolute atomic E-state index is 5.68. The van der Waals surface area contributed by atoms with Gasteiger partial charge in [0.2, 0.25) is 0 Å². The second-order valence-electron chi connectivity index (χ2n) is 3.72. The maximum Gasteiger partial charge on any atom is 0.188 e. The van der Waals surface area contributed by atoms with E-state index in [1.165, 1.54) is 19.2 Å². The number of aromatic amines is 1. The van der Waals surface area contributed by atoms with Gasteiger partial charge in [-0.15, -0.1) is 0 Å². The molecule has 1 aliphatic rings. The normalized spacial score (nSPS) is 16.7. The SMILES string of the molecule is NC(=NCCCc1ncn[nH]1)NC1CC1. The number of hydrogen-bond acceptors (Lipinski definition) is 3. The van der Waals surface area contributed by atoms with Crippen molar-refractivity contribution in [3.8, 4) is 0 Å². The molecule has 6 heteroatoms. The van der Waals surface area contributed by atoms with E-state index in [1.54, 1.807) is 0 Å². The van der Waals surface area contributed by atoms with Crippen LogP contribution in [0.1, 0.15) is 25.1 Å². The Bertz CT molecular complexity index is 313. The standard InChI is InChI=1S/C9H16N6/c10-9(14-7-3-4-7)11-5-1-2-8-12-6-13-15-8/h6-7H,1-5H2,(H3,10,11,14)(H,12,13,15). The highest BCUT2D eigenvalue weighted by Crippen LogP contribution is 2.17. The summed E-state index contributed by atoms with van der Waals surface area (Å²) in [6, 6.07) is 0.572. The van der Waals surface area contributed by atoms with E-state index in [9.17, 15) is 0 Å². The second-order valence-corrected chi connectivity index (χ2v) is 3.72. The average molecular weight is 208 g/mol. The number of H-pyrrole nitrogens is 1. The summed E-state index contributed by atoms with van der Waals surface area (Å²) in [4.78, 5) is 8.25. The molecule has 2 rings (SSSR count). The molecule has 0 bridgehead atoms. The van der Waals surface area contributed by atoms with Crippen LogP contribution < -0.4 is 11.1 Å². The number of nitrogens with two attached hydrogens (primary N) is 1. The van der Waals surface area contributed by atoms with E-state index in [4.69, 9.17) is 5.73 Å². The fourth-order valence-corrected chi connectivity index (χ4v) is 1.28. The van der Waals surface area contributed by atoms with Crippen molar-refractivity contribution in [3.05, 3.63) is 12.2 Å². The first-order valence-corrected chi connectivity index (χ1v) is 5.25. The predicted octanol–water partition coefficient (Wildman–Crippen LogP) is -0.196. The number of hydrogen-bond donors (Lipinski definition) is 3. The first-order valence-electron chi connectivity index (χ1n) is 5.25. The Labute approximate surface area is 88.4 Å². The van der Waals surface area contributed by atoms with Gasteiger partial charge in [0.05, 0.1) is 0 Å². The fraction of sp³-hybridized carbons (Fsp3) is 0.667. The lowest BCUT2D eigenvalue weighted by Gasteiger charge is -2.02. The maximum atomic E-state index is 5.68. The summed E-state index contributed by atoms with van der Waals surface area (Å²) < 4.78 is 0. The van der Waals surface area contributed by atoms with Crippen molar-refractivity contribution in [2.45, 2.75) is 31.7 Å². The van der Waals surface area contributed by atoms with Crippen molar-refractivity contribution < 1.29 is 0 Å². The highest BCUT2D eigenvalue weighted by molar-refractivity contribution is 5.78. The third-order valence-corrected chi connectivity index (χ3v) is 2.25. The highest BCUT2D eigenvalue weighted by atomic mass is 15.2. The van der Waals surface area contributed by atoms with Crippen molar-refractivity contribution in [3.63, 3.8) is 0 Å². The fourth-order valence-electron chi connectivity index (χ4n) is 1.28. The van der Waals surface area contributed by atoms with Crippen molar-refractivity contribution in [1.29, 1.82) is 0 Å². The molecule has 1 saturated carbocycles. The summed E-state index contributed by atoms with van der Waals surface area (Å²) in [6.45, 7) is 0.728. The van der Waals surface area contributed by atoms with Crippen LogP contribution >= 0.6 is 0 Å². The van der Waals surface area contributed by atoms with E-state index in [0.29, 0.717) is 12.0 Å². The van der Waals surface area contributed by atoms with Gasteiger partial charge in [0, 0.05) is 19.0 Å². The van der Waals surface area contributed by atoms with E-state index >= 15 is 0 Å². The third kappa shape index (κ3) is 3.57. The van der Waals surface area contributed by atoms with E-state index in [0.717, 1.165) is 25.2 Å². The monoisotopic (exact) mass is 208 g/mol. The zero-order valence-electron chi connectivity index (χ0n) is 8.61. The first kappa shape index (κ1) is 9.95. The van der Waals surface area contributed by atoms with Gasteiger partial charge >= 0.3 is 0 Å². The first-order chi connectivity index (χ1) is 7.34. The molecule has 82 valence electrons. The molecule has 0 radical (unpaired) electrons. The topological polar surface area (TPSA) is 92.0 Å². The molecule has 0 saturated heterocycles. The lowest BCUT2D eigenvalue weighted by atomic mass is 10.3. The molecule has 1 aromatic heterocycles. The Balaban J connectivity index is 1.60. The summed E-state index contributed by atoms with van der Waals surface area (Å²) in [5.41, 5.74) is 5.68. The van der Waals surface area contributed by atoms with Gasteiger partial charge in [-0.3, -0.25) is 10.1 Å². The highest BCUT2D eigenvalue weighted by Gasteiger charge is 2.21. The van der Waals surface area contributed by atoms with Crippen molar-refractivity contribution >= 4 is 5.96 Å². The number of rotatable bonds is 5. The molecule has 1 heterocycles. The summed E-state index contributed by atoms with van der Waals surface area (Å²) in [7, 11) is 0. The zero-order chi connectivity index (χ0) is 10.5. The van der Waals surface area contributed by atoms with Gasteiger partial charge in [-0.05, 0) is 19.3 Å². The number of guanidine groups is 1. The number of nitrogens with one attached hydrogen (secondary N) is 2. The van der Waals surface area contributed by atoms with Crippen molar-refractivity contribution in [2.75, 3.05) is 6.54 Å². The molecule has 1 fully saturated rings. The minimum Gasteiger partial charge on any atom is -0.370 e. The van der Waals surface area contributed by atoms with Crippen LogP contribution in [-0.4, -0.2) is 33.7 Å². The van der Waals surface area contributed by atoms with Gasteiger partial charge in [0.15, 0.2) is 5.96 Å². The molecule has 0 unspecified atom stereocenters. The van der Waals surface area contributed by atoms with E-state index in [1.807, 2.05) is 0 Å². The Morgan fingerprint density at radius 2 is 2.53 bits per heavy atom. The minimum absolute atomic E-state index is 0.565. The summed E-state index contributed by atoms with van der Waals surface area (Å²) in [5.74, 6) is 1.47. The van der Waals surface area contributed by atoms with Crippen LogP contribution in [0.3, 0.4) is 0 Å². The van der Waals surface area contributed by atoms with Gasteiger partial charge in [-0.2, -0.15) is 5.10 Å². The van der Waals surface area contributed by atoms with E-state index < -0.39 is 0 Å². The Kier molecular flexibility index (Phi) is 3.16. The number of aryl methyl sites for hydroxylation is 1. The molecular formula is C9H16N6. The smallest absolute Gasteiger partial charge is 0.188 e. The molecule has 0 aliphatic heterocycles. The average Bonchev–Trinajstić information content (AvgIpc) is 2.87. The minimum atomic E-state index is 0.565. The lowest BCUT2D eigenvalue weighted by molar-refractivity contribution is 0.776. The Morgan fingerprint density at radius 3 is 3.20 bits per heavy atom. The van der Waals surface area contributed by atoms with Gasteiger partial charge in [0.1, 0.15) is 12.2 Å². The Hall–Kier alpha value is -1.59. The van der Waals surface area contributed by atoms with Gasteiger partial charge in [0.25, 0.3) is 0 Å². The molecule has 0 atom stereocenters.